The predicted molar refractivity (Wildman–Crippen MR) is 77.1 cm³/mol. The van der Waals surface area contributed by atoms with Crippen molar-refractivity contribution < 1.29 is 22.7 Å². The zero-order valence-corrected chi connectivity index (χ0v) is 12.6. The SMILES string of the molecule is COc1ccc(C(C)=O)c(N2C=CSC2C(F)(F)F)c1Cl. The second kappa shape index (κ2) is 5.81. The van der Waals surface area contributed by atoms with E-state index in [0.29, 0.717) is 11.8 Å². The van der Waals surface area contributed by atoms with Crippen LogP contribution in [0.2, 0.25) is 5.02 Å². The van der Waals surface area contributed by atoms with Crippen LogP contribution in [0.1, 0.15) is 17.3 Å². The molecule has 2 rings (SSSR count). The van der Waals surface area contributed by atoms with Gasteiger partial charge in [0.2, 0.25) is 0 Å². The van der Waals surface area contributed by atoms with E-state index in [-0.39, 0.29) is 27.8 Å². The number of hydrogen-bond donors (Lipinski definition) is 0. The summed E-state index contributed by atoms with van der Waals surface area (Å²) in [6, 6.07) is 2.87. The van der Waals surface area contributed by atoms with E-state index in [9.17, 15) is 18.0 Å². The highest BCUT2D eigenvalue weighted by Crippen LogP contribution is 2.46. The Bertz CT molecular complexity index is 604. The minimum atomic E-state index is -4.46. The van der Waals surface area contributed by atoms with Crippen LogP contribution in [0.4, 0.5) is 18.9 Å². The standard InChI is InChI=1S/C13H11ClF3NO2S/c1-7(19)8-3-4-9(20-2)10(14)11(8)18-5-6-21-12(18)13(15,16)17/h3-6,12H,1-2H3. The van der Waals surface area contributed by atoms with E-state index in [4.69, 9.17) is 16.3 Å². The van der Waals surface area contributed by atoms with E-state index in [0.717, 1.165) is 4.90 Å². The van der Waals surface area contributed by atoms with Gasteiger partial charge in [-0.1, -0.05) is 23.4 Å². The maximum absolute atomic E-state index is 13.1. The van der Waals surface area contributed by atoms with Crippen molar-refractivity contribution in [2.75, 3.05) is 12.0 Å². The van der Waals surface area contributed by atoms with Gasteiger partial charge in [-0.05, 0) is 24.5 Å². The van der Waals surface area contributed by atoms with Crippen LogP contribution in [-0.2, 0) is 0 Å². The molecule has 0 N–H and O–H groups in total. The molecule has 3 nitrogen and oxygen atoms in total. The summed E-state index contributed by atoms with van der Waals surface area (Å²) in [4.78, 5) is 12.6. The summed E-state index contributed by atoms with van der Waals surface area (Å²) < 4.78 is 44.3. The van der Waals surface area contributed by atoms with Crippen molar-refractivity contribution in [3.05, 3.63) is 34.3 Å². The number of methoxy groups -OCH3 is 1. The second-order valence-corrected chi connectivity index (χ2v) is 5.63. The highest BCUT2D eigenvalue weighted by Gasteiger charge is 2.46. The van der Waals surface area contributed by atoms with Gasteiger partial charge in [0, 0.05) is 11.8 Å². The molecule has 0 amide bonds. The number of hydrogen-bond acceptors (Lipinski definition) is 4. The number of benzene rings is 1. The molecule has 8 heteroatoms. The molecule has 1 aromatic rings. The first kappa shape index (κ1) is 16.0. The normalized spacial score (nSPS) is 18.2. The third kappa shape index (κ3) is 2.98. The Morgan fingerprint density at radius 1 is 1.43 bits per heavy atom. The van der Waals surface area contributed by atoms with Crippen LogP contribution < -0.4 is 9.64 Å². The van der Waals surface area contributed by atoms with Gasteiger partial charge >= 0.3 is 6.18 Å². The molecule has 1 unspecified atom stereocenters. The molecule has 0 radical (unpaired) electrons. The van der Waals surface area contributed by atoms with Crippen molar-refractivity contribution in [3.63, 3.8) is 0 Å². The van der Waals surface area contributed by atoms with E-state index in [1.807, 2.05) is 0 Å². The van der Waals surface area contributed by atoms with Crippen molar-refractivity contribution >= 4 is 34.8 Å². The van der Waals surface area contributed by atoms with Crippen molar-refractivity contribution in [2.45, 2.75) is 18.5 Å². The number of nitrogens with zero attached hydrogens (tertiary/aromatic N) is 1. The lowest BCUT2D eigenvalue weighted by atomic mass is 10.1. The quantitative estimate of drug-likeness (QED) is 0.761. The van der Waals surface area contributed by atoms with Crippen LogP contribution in [0.15, 0.2) is 23.7 Å². The average Bonchev–Trinajstić information content (AvgIpc) is 2.86. The maximum atomic E-state index is 13.1. The first-order valence-corrected chi connectivity index (χ1v) is 7.14. The zero-order valence-electron chi connectivity index (χ0n) is 11.1. The van der Waals surface area contributed by atoms with Crippen molar-refractivity contribution in [1.29, 1.82) is 0 Å². The Labute approximate surface area is 128 Å². The number of carbonyl (C=O) groups is 1. The Kier molecular flexibility index (Phi) is 4.43. The molecule has 1 aliphatic heterocycles. The van der Waals surface area contributed by atoms with Crippen molar-refractivity contribution in [3.8, 4) is 5.75 Å². The Balaban J connectivity index is 2.61. The molecule has 0 aliphatic carbocycles. The molecule has 0 aromatic heterocycles. The van der Waals surface area contributed by atoms with E-state index in [1.165, 1.54) is 37.8 Å². The summed E-state index contributed by atoms with van der Waals surface area (Å²) in [5.74, 6) is -0.163. The molecule has 0 saturated heterocycles. The molecular formula is C13H11ClF3NO2S. The number of ether oxygens (including phenoxy) is 1. The number of rotatable bonds is 3. The van der Waals surface area contributed by atoms with Gasteiger partial charge in [0.05, 0.1) is 12.8 Å². The lowest BCUT2D eigenvalue weighted by Crippen LogP contribution is -2.38. The van der Waals surface area contributed by atoms with Crippen molar-refractivity contribution in [1.82, 2.24) is 0 Å². The molecule has 114 valence electrons. The predicted octanol–water partition coefficient (Wildman–Crippen LogP) is 4.46. The molecule has 1 heterocycles. The Morgan fingerprint density at radius 3 is 2.62 bits per heavy atom. The first-order valence-electron chi connectivity index (χ1n) is 5.82. The Hall–Kier alpha value is -1.34. The first-order chi connectivity index (χ1) is 9.77. The van der Waals surface area contributed by atoms with Gasteiger partial charge in [-0.3, -0.25) is 4.79 Å². The van der Waals surface area contributed by atoms with Gasteiger partial charge in [-0.25, -0.2) is 0 Å². The number of Topliss-reactive ketones (excluding diaryl/α,β-unsaturated/α-hetero) is 1. The van der Waals surface area contributed by atoms with Crippen LogP contribution in [-0.4, -0.2) is 24.4 Å². The summed E-state index contributed by atoms with van der Waals surface area (Å²) in [7, 11) is 1.36. The molecule has 1 aromatic carbocycles. The van der Waals surface area contributed by atoms with E-state index in [1.54, 1.807) is 0 Å². The number of ketones is 1. The third-order valence-electron chi connectivity index (χ3n) is 2.90. The maximum Gasteiger partial charge on any atom is 0.418 e. The third-order valence-corrected chi connectivity index (χ3v) is 4.30. The minimum Gasteiger partial charge on any atom is -0.495 e. The molecule has 1 aliphatic rings. The van der Waals surface area contributed by atoms with E-state index < -0.39 is 11.6 Å². The number of anilines is 1. The van der Waals surface area contributed by atoms with Gasteiger partial charge in [0.25, 0.3) is 0 Å². The monoisotopic (exact) mass is 337 g/mol. The average molecular weight is 338 g/mol. The van der Waals surface area contributed by atoms with Gasteiger partial charge < -0.3 is 9.64 Å². The Morgan fingerprint density at radius 2 is 2.10 bits per heavy atom. The summed E-state index contributed by atoms with van der Waals surface area (Å²) in [6.45, 7) is 1.27. The van der Waals surface area contributed by atoms with Gasteiger partial charge in [0.15, 0.2) is 11.2 Å². The fraction of sp³-hybridized carbons (Fsp3) is 0.308. The summed E-state index contributed by atoms with van der Waals surface area (Å²) in [5.41, 5.74) is 0.120. The molecule has 21 heavy (non-hydrogen) atoms. The zero-order chi connectivity index (χ0) is 15.8. The molecule has 0 spiro atoms. The van der Waals surface area contributed by atoms with Crippen molar-refractivity contribution in [2.24, 2.45) is 0 Å². The highest BCUT2D eigenvalue weighted by atomic mass is 35.5. The van der Waals surface area contributed by atoms with Gasteiger partial charge in [0.1, 0.15) is 10.8 Å². The summed E-state index contributed by atoms with van der Waals surface area (Å²) in [6.07, 6.45) is -3.20. The summed E-state index contributed by atoms with van der Waals surface area (Å²) in [5, 5.41) is -0.524. The lowest BCUT2D eigenvalue weighted by Gasteiger charge is -2.29. The second-order valence-electron chi connectivity index (χ2n) is 4.26. The van der Waals surface area contributed by atoms with Crippen LogP contribution >= 0.6 is 23.4 Å². The fourth-order valence-electron chi connectivity index (χ4n) is 1.99. The number of alkyl halides is 3. The minimum absolute atomic E-state index is 0.00657. The smallest absolute Gasteiger partial charge is 0.418 e. The van der Waals surface area contributed by atoms with Gasteiger partial charge in [-0.15, -0.1) is 0 Å². The highest BCUT2D eigenvalue weighted by molar-refractivity contribution is 8.03. The number of carbonyl (C=O) groups excluding carboxylic acids is 1. The van der Waals surface area contributed by atoms with Crippen LogP contribution in [0.5, 0.6) is 5.75 Å². The molecule has 0 fully saturated rings. The lowest BCUT2D eigenvalue weighted by molar-refractivity contribution is -0.126. The number of halogens is 4. The fourth-order valence-corrected chi connectivity index (χ4v) is 3.14. The summed E-state index contributed by atoms with van der Waals surface area (Å²) >= 11 is 6.73. The number of thioether (sulfide) groups is 1. The van der Waals surface area contributed by atoms with E-state index in [2.05, 4.69) is 0 Å². The molecule has 0 bridgehead atoms. The van der Waals surface area contributed by atoms with Crippen LogP contribution in [0, 0.1) is 0 Å². The van der Waals surface area contributed by atoms with Gasteiger partial charge in [-0.2, -0.15) is 13.2 Å². The van der Waals surface area contributed by atoms with Crippen LogP contribution in [0.3, 0.4) is 0 Å². The van der Waals surface area contributed by atoms with Crippen LogP contribution in [0.25, 0.3) is 0 Å². The topological polar surface area (TPSA) is 29.5 Å². The molecule has 1 atom stereocenters. The molecular weight excluding hydrogens is 327 g/mol. The van der Waals surface area contributed by atoms with E-state index >= 15 is 0 Å². The largest absolute Gasteiger partial charge is 0.495 e. The molecule has 0 saturated carbocycles.